The number of sulfonamides is 1. The molecule has 1 heterocycles. The van der Waals surface area contributed by atoms with Gasteiger partial charge in [0.05, 0.1) is 19.5 Å². The number of carbonyl (C=O) groups excluding carboxylic acids is 1. The highest BCUT2D eigenvalue weighted by atomic mass is 32.2. The zero-order valence-corrected chi connectivity index (χ0v) is 10.3. The molecule has 0 bridgehead atoms. The van der Waals surface area contributed by atoms with Gasteiger partial charge >= 0.3 is 5.97 Å². The number of methoxy groups -OCH3 is 2. The maximum absolute atomic E-state index is 11.9. The molecule has 0 amide bonds. The topological polar surface area (TPSA) is 72.9 Å². The molecule has 1 fully saturated rings. The van der Waals surface area contributed by atoms with Crippen molar-refractivity contribution in [1.82, 2.24) is 4.31 Å². The molecule has 0 aromatic rings. The van der Waals surface area contributed by atoms with Crippen molar-refractivity contribution in [3.05, 3.63) is 0 Å². The molecule has 1 saturated heterocycles. The highest BCUT2D eigenvalue weighted by Crippen LogP contribution is 2.22. The molecular formula is C9H17NO5S. The van der Waals surface area contributed by atoms with Crippen LogP contribution in [0.25, 0.3) is 0 Å². The van der Waals surface area contributed by atoms with E-state index in [0.717, 1.165) is 0 Å². The fourth-order valence-corrected chi connectivity index (χ4v) is 3.35. The first-order chi connectivity index (χ1) is 7.53. The van der Waals surface area contributed by atoms with Gasteiger partial charge in [-0.1, -0.05) is 0 Å². The highest BCUT2D eigenvalue weighted by molar-refractivity contribution is 7.89. The number of esters is 1. The molecule has 94 valence electrons. The molecule has 1 aliphatic rings. The number of ether oxygens (including phenoxy) is 2. The third-order valence-corrected chi connectivity index (χ3v) is 4.41. The maximum atomic E-state index is 11.9. The zero-order valence-electron chi connectivity index (χ0n) is 9.51. The minimum atomic E-state index is -3.42. The van der Waals surface area contributed by atoms with Gasteiger partial charge in [-0.15, -0.1) is 0 Å². The summed E-state index contributed by atoms with van der Waals surface area (Å²) in [5.41, 5.74) is 0. The molecule has 1 atom stereocenters. The van der Waals surface area contributed by atoms with E-state index in [1.54, 1.807) is 0 Å². The van der Waals surface area contributed by atoms with E-state index in [1.165, 1.54) is 18.5 Å². The summed E-state index contributed by atoms with van der Waals surface area (Å²) in [5.74, 6) is -0.588. The van der Waals surface area contributed by atoms with Crippen LogP contribution in [-0.2, 0) is 24.3 Å². The molecule has 6 nitrogen and oxygen atoms in total. The molecule has 16 heavy (non-hydrogen) atoms. The molecule has 0 aliphatic carbocycles. The second-order valence-corrected chi connectivity index (χ2v) is 5.64. The van der Waals surface area contributed by atoms with Gasteiger partial charge in [0.15, 0.2) is 0 Å². The molecule has 0 aromatic carbocycles. The van der Waals surface area contributed by atoms with E-state index in [4.69, 9.17) is 4.74 Å². The number of nitrogens with zero attached hydrogens (tertiary/aromatic N) is 1. The van der Waals surface area contributed by atoms with Gasteiger partial charge in [-0.25, -0.2) is 8.42 Å². The van der Waals surface area contributed by atoms with Crippen molar-refractivity contribution in [2.24, 2.45) is 0 Å². The van der Waals surface area contributed by atoms with Crippen LogP contribution < -0.4 is 0 Å². The van der Waals surface area contributed by atoms with E-state index in [0.29, 0.717) is 19.4 Å². The second kappa shape index (κ2) is 5.60. The van der Waals surface area contributed by atoms with Crippen molar-refractivity contribution in [3.8, 4) is 0 Å². The van der Waals surface area contributed by atoms with Crippen LogP contribution in [0.4, 0.5) is 0 Å². The van der Waals surface area contributed by atoms with Crippen LogP contribution in [0.1, 0.15) is 12.8 Å². The lowest BCUT2D eigenvalue weighted by Gasteiger charge is -2.21. The van der Waals surface area contributed by atoms with E-state index in [9.17, 15) is 13.2 Å². The standard InChI is InChI=1S/C9H17NO5S/c1-14-6-7-16(12,13)10-5-3-4-8(10)9(11)15-2/h8H,3-7H2,1-2H3. The lowest BCUT2D eigenvalue weighted by molar-refractivity contribution is -0.144. The van der Waals surface area contributed by atoms with Crippen LogP contribution in [0.2, 0.25) is 0 Å². The van der Waals surface area contributed by atoms with Crippen molar-refractivity contribution < 1.29 is 22.7 Å². The summed E-state index contributed by atoms with van der Waals surface area (Å²) in [4.78, 5) is 11.4. The van der Waals surface area contributed by atoms with E-state index in [-0.39, 0.29) is 12.4 Å². The molecule has 0 radical (unpaired) electrons. The number of rotatable bonds is 5. The molecule has 1 rings (SSSR count). The van der Waals surface area contributed by atoms with Crippen molar-refractivity contribution >= 4 is 16.0 Å². The molecule has 1 aliphatic heterocycles. The van der Waals surface area contributed by atoms with Crippen LogP contribution in [-0.4, -0.2) is 57.9 Å². The SMILES string of the molecule is COCCS(=O)(=O)N1CCCC1C(=O)OC. The Hall–Kier alpha value is -0.660. The fourth-order valence-electron chi connectivity index (χ4n) is 1.75. The molecule has 0 N–H and O–H groups in total. The van der Waals surface area contributed by atoms with Crippen molar-refractivity contribution in [2.75, 3.05) is 33.1 Å². The van der Waals surface area contributed by atoms with Crippen LogP contribution in [0.15, 0.2) is 0 Å². The van der Waals surface area contributed by atoms with Crippen molar-refractivity contribution in [1.29, 1.82) is 0 Å². The Morgan fingerprint density at radius 2 is 2.12 bits per heavy atom. The quantitative estimate of drug-likeness (QED) is 0.622. The Morgan fingerprint density at radius 1 is 1.44 bits per heavy atom. The second-order valence-electron chi connectivity index (χ2n) is 3.60. The first-order valence-electron chi connectivity index (χ1n) is 5.09. The molecule has 0 spiro atoms. The highest BCUT2D eigenvalue weighted by Gasteiger charge is 2.38. The summed E-state index contributed by atoms with van der Waals surface area (Å²) in [5, 5.41) is 0. The van der Waals surface area contributed by atoms with Crippen LogP contribution in [0.5, 0.6) is 0 Å². The third-order valence-electron chi connectivity index (χ3n) is 2.58. The summed E-state index contributed by atoms with van der Waals surface area (Å²) in [6.45, 7) is 0.512. The van der Waals surface area contributed by atoms with Crippen LogP contribution >= 0.6 is 0 Å². The lowest BCUT2D eigenvalue weighted by atomic mass is 10.2. The van der Waals surface area contributed by atoms with Crippen molar-refractivity contribution in [2.45, 2.75) is 18.9 Å². The van der Waals surface area contributed by atoms with Gasteiger partial charge in [-0.2, -0.15) is 4.31 Å². The van der Waals surface area contributed by atoms with Gasteiger partial charge < -0.3 is 9.47 Å². The fraction of sp³-hybridized carbons (Fsp3) is 0.889. The molecule has 7 heteroatoms. The van der Waals surface area contributed by atoms with Gasteiger partial charge in [0.1, 0.15) is 6.04 Å². The third kappa shape index (κ3) is 2.93. The van der Waals surface area contributed by atoms with Crippen LogP contribution in [0.3, 0.4) is 0 Å². The summed E-state index contributed by atoms with van der Waals surface area (Å²) >= 11 is 0. The van der Waals surface area contributed by atoms with E-state index >= 15 is 0 Å². The monoisotopic (exact) mass is 251 g/mol. The van der Waals surface area contributed by atoms with Crippen LogP contribution in [0, 0.1) is 0 Å². The zero-order chi connectivity index (χ0) is 12.2. The summed E-state index contributed by atoms with van der Waals surface area (Å²) in [6.07, 6.45) is 1.21. The molecule has 0 saturated carbocycles. The Labute approximate surface area is 95.6 Å². The van der Waals surface area contributed by atoms with E-state index in [1.807, 2.05) is 0 Å². The minimum Gasteiger partial charge on any atom is -0.468 e. The average molecular weight is 251 g/mol. The van der Waals surface area contributed by atoms with Crippen molar-refractivity contribution in [3.63, 3.8) is 0 Å². The maximum Gasteiger partial charge on any atom is 0.324 e. The van der Waals surface area contributed by atoms with Gasteiger partial charge in [-0.3, -0.25) is 4.79 Å². The molecular weight excluding hydrogens is 234 g/mol. The Kier molecular flexibility index (Phi) is 4.69. The summed E-state index contributed by atoms with van der Waals surface area (Å²) < 4.78 is 34.3. The normalized spacial score (nSPS) is 22.2. The Balaban J connectivity index is 2.74. The first-order valence-corrected chi connectivity index (χ1v) is 6.70. The summed E-state index contributed by atoms with van der Waals surface area (Å²) in [6, 6.07) is -0.660. The predicted octanol–water partition coefficient (Wildman–Crippen LogP) is -0.400. The first kappa shape index (κ1) is 13.4. The number of carbonyl (C=O) groups is 1. The largest absolute Gasteiger partial charge is 0.468 e. The van der Waals surface area contributed by atoms with Gasteiger partial charge in [-0.05, 0) is 12.8 Å². The Bertz CT molecular complexity index is 340. The number of hydrogen-bond acceptors (Lipinski definition) is 5. The molecule has 0 aromatic heterocycles. The van der Waals surface area contributed by atoms with Gasteiger partial charge in [0.2, 0.25) is 10.0 Å². The smallest absolute Gasteiger partial charge is 0.324 e. The predicted molar refractivity (Wildman–Crippen MR) is 57.4 cm³/mol. The number of hydrogen-bond donors (Lipinski definition) is 0. The average Bonchev–Trinajstić information content (AvgIpc) is 2.75. The van der Waals surface area contributed by atoms with E-state index in [2.05, 4.69) is 4.74 Å². The molecule has 1 unspecified atom stereocenters. The minimum absolute atomic E-state index is 0.100. The van der Waals surface area contributed by atoms with Gasteiger partial charge in [0.25, 0.3) is 0 Å². The summed E-state index contributed by atoms with van der Waals surface area (Å²) in [7, 11) is -0.713. The lowest BCUT2D eigenvalue weighted by Crippen LogP contribution is -2.42. The van der Waals surface area contributed by atoms with E-state index < -0.39 is 22.0 Å². The van der Waals surface area contributed by atoms with Gasteiger partial charge in [0, 0.05) is 13.7 Å². The Morgan fingerprint density at radius 3 is 2.69 bits per heavy atom.